The van der Waals surface area contributed by atoms with E-state index in [4.69, 9.17) is 23.2 Å². The van der Waals surface area contributed by atoms with E-state index in [1.165, 1.54) is 24.3 Å². The van der Waals surface area contributed by atoms with Gasteiger partial charge in [-0.05, 0) is 48.5 Å². The van der Waals surface area contributed by atoms with Gasteiger partial charge >= 0.3 is 23.7 Å². The molecule has 16 heteroatoms. The van der Waals surface area contributed by atoms with Crippen molar-refractivity contribution in [2.45, 2.75) is 23.7 Å². The number of carbonyl (C=O) groups is 2. The molecule has 0 spiro atoms. The summed E-state index contributed by atoms with van der Waals surface area (Å²) in [5.41, 5.74) is 1.14. The van der Waals surface area contributed by atoms with Crippen molar-refractivity contribution in [3.63, 3.8) is 0 Å². The maximum Gasteiger partial charge on any atom is 0.392 e. The summed E-state index contributed by atoms with van der Waals surface area (Å²) in [5.74, 6) is -31.8. The molecule has 2 amide bonds. The zero-order valence-corrected chi connectivity index (χ0v) is 23.2. The Balaban J connectivity index is 1.43. The minimum atomic E-state index is -6.91. The first kappa shape index (κ1) is 31.9. The van der Waals surface area contributed by atoms with Crippen molar-refractivity contribution in [1.82, 2.24) is 9.80 Å². The van der Waals surface area contributed by atoms with E-state index >= 15 is 0 Å². The Labute approximate surface area is 245 Å². The third-order valence-corrected chi connectivity index (χ3v) is 7.74. The van der Waals surface area contributed by atoms with E-state index in [9.17, 15) is 44.7 Å². The Morgan fingerprint density at radius 1 is 0.500 bits per heavy atom. The topological polar surface area (TPSA) is 47.1 Å². The summed E-state index contributed by atoms with van der Waals surface area (Å²) < 4.78 is 118. The van der Waals surface area contributed by atoms with Crippen molar-refractivity contribution in [3.05, 3.63) is 58.6 Å². The van der Waals surface area contributed by atoms with Crippen LogP contribution in [-0.2, 0) is 9.59 Å². The van der Waals surface area contributed by atoms with E-state index in [2.05, 4.69) is 0 Å². The number of nitrogens with zero attached hydrogens (tertiary/aromatic N) is 4. The van der Waals surface area contributed by atoms with Crippen molar-refractivity contribution in [1.29, 1.82) is 0 Å². The fraction of sp³-hybridized carbons (Fsp3) is 0.462. The summed E-state index contributed by atoms with van der Waals surface area (Å²) in [7, 11) is 0. The molecule has 0 N–H and O–H groups in total. The number of rotatable bonds is 7. The monoisotopic (exact) mass is 646 g/mol. The number of hydrogen-bond donors (Lipinski definition) is 0. The normalized spacial score (nSPS) is 17.5. The van der Waals surface area contributed by atoms with Crippen LogP contribution in [0.15, 0.2) is 48.5 Å². The second-order valence-corrected chi connectivity index (χ2v) is 10.7. The van der Waals surface area contributed by atoms with Gasteiger partial charge in [0.05, 0.1) is 0 Å². The van der Waals surface area contributed by atoms with Gasteiger partial charge in [0.15, 0.2) is 0 Å². The highest BCUT2D eigenvalue weighted by Crippen LogP contribution is 2.53. The molecular formula is C26H24Cl2F8N4O2. The zero-order valence-electron chi connectivity index (χ0n) is 21.7. The van der Waals surface area contributed by atoms with Crippen molar-refractivity contribution in [2.24, 2.45) is 0 Å². The summed E-state index contributed by atoms with van der Waals surface area (Å²) in [6.07, 6.45) is 0. The van der Waals surface area contributed by atoms with Crippen LogP contribution in [0.3, 0.4) is 0 Å². The molecule has 2 fully saturated rings. The second kappa shape index (κ2) is 11.6. The lowest BCUT2D eigenvalue weighted by Crippen LogP contribution is -2.70. The number of halogens is 10. The molecule has 2 aliphatic heterocycles. The summed E-state index contributed by atoms with van der Waals surface area (Å²) in [6.45, 7) is -2.86. The van der Waals surface area contributed by atoms with Crippen LogP contribution in [0, 0.1) is 0 Å². The van der Waals surface area contributed by atoms with E-state index in [0.717, 1.165) is 0 Å². The molecule has 0 atom stereocenters. The molecule has 4 rings (SSSR count). The third-order valence-electron chi connectivity index (χ3n) is 7.24. The van der Waals surface area contributed by atoms with E-state index in [-0.39, 0.29) is 36.0 Å². The van der Waals surface area contributed by atoms with Crippen LogP contribution in [0.25, 0.3) is 0 Å². The van der Waals surface area contributed by atoms with Crippen LogP contribution < -0.4 is 9.80 Å². The molecule has 0 aromatic heterocycles. The molecule has 2 heterocycles. The minimum absolute atomic E-state index is 0.137. The van der Waals surface area contributed by atoms with Crippen molar-refractivity contribution < 1.29 is 44.7 Å². The van der Waals surface area contributed by atoms with Gasteiger partial charge in [-0.25, -0.2) is 0 Å². The quantitative estimate of drug-likeness (QED) is 0.371. The van der Waals surface area contributed by atoms with E-state index in [0.29, 0.717) is 21.4 Å². The standard InChI is InChI=1S/C26H24Cl2F8N4O2/c27-17-1-5-19(6-2-17)37-9-13-39(14-10-37)21(41)23(29,30)25(33,34)26(35,36)24(31,32)22(42)40-15-11-38(12-16-40)20-7-3-18(28)4-8-20/h1-8H,9-16H2. The summed E-state index contributed by atoms with van der Waals surface area (Å²) in [6, 6.07) is 12.5. The second-order valence-electron chi connectivity index (χ2n) is 9.81. The summed E-state index contributed by atoms with van der Waals surface area (Å²) in [4.78, 5) is 28.3. The molecule has 0 aliphatic carbocycles. The third kappa shape index (κ3) is 5.67. The van der Waals surface area contributed by atoms with Crippen LogP contribution in [0.2, 0.25) is 10.0 Å². The van der Waals surface area contributed by atoms with Crippen molar-refractivity contribution in [2.75, 3.05) is 62.2 Å². The number of hydrogen-bond acceptors (Lipinski definition) is 4. The maximum absolute atomic E-state index is 14.7. The van der Waals surface area contributed by atoms with Crippen LogP contribution in [0.1, 0.15) is 0 Å². The van der Waals surface area contributed by atoms with Crippen LogP contribution in [0.5, 0.6) is 0 Å². The van der Waals surface area contributed by atoms with E-state index in [1.54, 1.807) is 34.1 Å². The molecule has 0 bridgehead atoms. The van der Waals surface area contributed by atoms with Gasteiger partial charge in [-0.2, -0.15) is 35.1 Å². The average Bonchev–Trinajstić information content (AvgIpc) is 2.97. The van der Waals surface area contributed by atoms with Gasteiger partial charge in [-0.15, -0.1) is 0 Å². The Kier molecular flexibility index (Phi) is 8.81. The first-order valence-electron chi connectivity index (χ1n) is 12.6. The first-order chi connectivity index (χ1) is 19.5. The van der Waals surface area contributed by atoms with Gasteiger partial charge in [-0.1, -0.05) is 23.2 Å². The number of piperazine rings is 2. The summed E-state index contributed by atoms with van der Waals surface area (Å²) in [5, 5.41) is 0.816. The number of benzene rings is 2. The van der Waals surface area contributed by atoms with E-state index in [1.807, 2.05) is 0 Å². The molecule has 2 aromatic carbocycles. The molecule has 0 unspecified atom stereocenters. The predicted molar refractivity (Wildman–Crippen MR) is 140 cm³/mol. The molecule has 230 valence electrons. The fourth-order valence-electron chi connectivity index (χ4n) is 4.70. The number of carbonyl (C=O) groups excluding carboxylic acids is 2. The van der Waals surface area contributed by atoms with Crippen molar-refractivity contribution in [3.8, 4) is 0 Å². The fourth-order valence-corrected chi connectivity index (χ4v) is 4.95. The van der Waals surface area contributed by atoms with Crippen LogP contribution >= 0.6 is 23.2 Å². The van der Waals surface area contributed by atoms with E-state index < -0.39 is 61.7 Å². The maximum atomic E-state index is 14.7. The molecule has 6 nitrogen and oxygen atoms in total. The van der Waals surface area contributed by atoms with Gasteiger partial charge in [0, 0.05) is 73.8 Å². The molecular weight excluding hydrogens is 623 g/mol. The van der Waals surface area contributed by atoms with Gasteiger partial charge in [0.2, 0.25) is 0 Å². The zero-order chi connectivity index (χ0) is 31.1. The van der Waals surface area contributed by atoms with Gasteiger partial charge < -0.3 is 19.6 Å². The molecule has 0 radical (unpaired) electrons. The minimum Gasteiger partial charge on any atom is -0.368 e. The lowest BCUT2D eigenvalue weighted by atomic mass is 9.96. The van der Waals surface area contributed by atoms with Gasteiger partial charge in [-0.3, -0.25) is 9.59 Å². The largest absolute Gasteiger partial charge is 0.392 e. The Bertz CT molecular complexity index is 1180. The number of alkyl halides is 8. The number of amides is 2. The molecule has 2 aromatic rings. The predicted octanol–water partition coefficient (Wildman–Crippen LogP) is 5.53. The Hall–Kier alpha value is -3.00. The highest BCUT2D eigenvalue weighted by Gasteiger charge is 2.85. The van der Waals surface area contributed by atoms with Gasteiger partial charge in [0.1, 0.15) is 0 Å². The van der Waals surface area contributed by atoms with Crippen molar-refractivity contribution >= 4 is 46.4 Å². The SMILES string of the molecule is O=C(N1CCN(c2ccc(Cl)cc2)CC1)C(F)(F)C(F)(F)C(F)(F)C(F)(F)C(=O)N1CCN(c2ccc(Cl)cc2)CC1. The number of anilines is 2. The highest BCUT2D eigenvalue weighted by atomic mass is 35.5. The first-order valence-corrected chi connectivity index (χ1v) is 13.4. The molecule has 2 aliphatic rings. The Morgan fingerprint density at radius 3 is 1.02 bits per heavy atom. The smallest absolute Gasteiger partial charge is 0.368 e. The highest BCUT2D eigenvalue weighted by molar-refractivity contribution is 6.30. The Morgan fingerprint density at radius 2 is 0.762 bits per heavy atom. The lowest BCUT2D eigenvalue weighted by Gasteiger charge is -2.42. The van der Waals surface area contributed by atoms with Crippen LogP contribution in [-0.4, -0.2) is 97.7 Å². The average molecular weight is 647 g/mol. The molecule has 42 heavy (non-hydrogen) atoms. The lowest BCUT2D eigenvalue weighted by molar-refractivity contribution is -0.350. The van der Waals surface area contributed by atoms with Gasteiger partial charge in [0.25, 0.3) is 11.8 Å². The molecule has 2 saturated heterocycles. The molecule has 0 saturated carbocycles. The summed E-state index contributed by atoms with van der Waals surface area (Å²) >= 11 is 11.6. The van der Waals surface area contributed by atoms with Crippen LogP contribution in [0.4, 0.5) is 46.5 Å².